The van der Waals surface area contributed by atoms with Gasteiger partial charge in [0.15, 0.2) is 25.1 Å². The topological polar surface area (TPSA) is 64.6 Å². The highest BCUT2D eigenvalue weighted by Crippen LogP contribution is 2.26. The minimum absolute atomic E-state index is 0.118. The second kappa shape index (κ2) is 34.4. The maximum Gasteiger partial charge on any atom is 0.162 e. The van der Waals surface area contributed by atoms with Gasteiger partial charge in [0, 0.05) is 12.8 Å². The molecule has 0 bridgehead atoms. The van der Waals surface area contributed by atoms with Gasteiger partial charge < -0.3 is 33.2 Å². The van der Waals surface area contributed by atoms with Crippen molar-refractivity contribution in [3.8, 4) is 0 Å². The van der Waals surface area contributed by atoms with Crippen LogP contribution in [0.1, 0.15) is 184 Å². The second-order valence-corrected chi connectivity index (χ2v) is 12.6. The number of hydrogen-bond donors (Lipinski definition) is 0. The van der Waals surface area contributed by atoms with Crippen LogP contribution >= 0.6 is 0 Å². The van der Waals surface area contributed by atoms with E-state index in [0.29, 0.717) is 26.4 Å². The van der Waals surface area contributed by atoms with Gasteiger partial charge in [-0.05, 0) is 51.4 Å². The molecule has 0 N–H and O–H groups in total. The lowest BCUT2D eigenvalue weighted by atomic mass is 10.1. The number of ether oxygens (including phenoxy) is 7. The van der Waals surface area contributed by atoms with E-state index in [9.17, 15) is 0 Å². The maximum absolute atomic E-state index is 6.44. The van der Waals surface area contributed by atoms with Gasteiger partial charge in [-0.1, -0.05) is 120 Å². The standard InChI is InChI=1S/C40H78O7/c1-9-17-23-27-37(42-29-19-11-3)39(44-31-21-13-5)35(25-15-7)46-33-41-34-47-36(26-16-8)40(45-32-22-14-6)38(28-24-18-10-2)43-30-20-12-4/h35-36H,9-34H2,1-8H3. The van der Waals surface area contributed by atoms with Crippen molar-refractivity contribution < 1.29 is 33.2 Å². The minimum atomic E-state index is -0.216. The molecule has 0 aliphatic heterocycles. The Morgan fingerprint density at radius 3 is 1.04 bits per heavy atom. The van der Waals surface area contributed by atoms with Gasteiger partial charge in [-0.3, -0.25) is 0 Å². The number of rotatable bonds is 36. The maximum atomic E-state index is 6.44. The van der Waals surface area contributed by atoms with Crippen molar-refractivity contribution in [3.63, 3.8) is 0 Å². The average molecular weight is 671 g/mol. The van der Waals surface area contributed by atoms with E-state index in [2.05, 4.69) is 55.4 Å². The van der Waals surface area contributed by atoms with Crippen LogP contribution in [-0.2, 0) is 33.2 Å². The van der Waals surface area contributed by atoms with Gasteiger partial charge >= 0.3 is 0 Å². The first kappa shape index (κ1) is 45.6. The molecule has 0 saturated heterocycles. The van der Waals surface area contributed by atoms with Crippen molar-refractivity contribution in [2.45, 2.75) is 196 Å². The summed E-state index contributed by atoms with van der Waals surface area (Å²) in [7, 11) is 0. The molecule has 0 rings (SSSR count). The molecular formula is C40H78O7. The fraction of sp³-hybridized carbons (Fsp3) is 0.900. The zero-order valence-electron chi connectivity index (χ0n) is 32.4. The summed E-state index contributed by atoms with van der Waals surface area (Å²) in [5.74, 6) is 3.63. The average Bonchev–Trinajstić information content (AvgIpc) is 3.07. The molecule has 7 nitrogen and oxygen atoms in total. The van der Waals surface area contributed by atoms with Gasteiger partial charge in [-0.25, -0.2) is 0 Å². The fourth-order valence-corrected chi connectivity index (χ4v) is 5.04. The first-order valence-corrected chi connectivity index (χ1v) is 19.9. The van der Waals surface area contributed by atoms with Crippen LogP contribution in [0.3, 0.4) is 0 Å². The second-order valence-electron chi connectivity index (χ2n) is 12.6. The molecular weight excluding hydrogens is 592 g/mol. The summed E-state index contributed by atoms with van der Waals surface area (Å²) in [5.41, 5.74) is 0. The Hall–Kier alpha value is -1.44. The lowest BCUT2D eigenvalue weighted by molar-refractivity contribution is -0.167. The van der Waals surface area contributed by atoms with Crippen LogP contribution in [0, 0.1) is 0 Å². The lowest BCUT2D eigenvalue weighted by Gasteiger charge is -2.26. The molecule has 47 heavy (non-hydrogen) atoms. The first-order valence-electron chi connectivity index (χ1n) is 19.9. The van der Waals surface area contributed by atoms with Crippen LogP contribution < -0.4 is 0 Å². The molecule has 0 aliphatic rings. The number of unbranched alkanes of at least 4 members (excludes halogenated alkanes) is 8. The molecule has 0 radical (unpaired) electrons. The van der Waals surface area contributed by atoms with Crippen molar-refractivity contribution in [3.05, 3.63) is 23.0 Å². The Balaban J connectivity index is 5.84. The molecule has 0 amide bonds. The van der Waals surface area contributed by atoms with E-state index in [0.717, 1.165) is 126 Å². The molecule has 2 atom stereocenters. The third-order valence-electron chi connectivity index (χ3n) is 8.02. The van der Waals surface area contributed by atoms with Gasteiger partial charge in [0.1, 0.15) is 23.7 Å². The van der Waals surface area contributed by atoms with Gasteiger partial charge in [-0.15, -0.1) is 0 Å². The Morgan fingerprint density at radius 1 is 0.383 bits per heavy atom. The third kappa shape index (κ3) is 23.5. The van der Waals surface area contributed by atoms with Gasteiger partial charge in [0.2, 0.25) is 0 Å². The molecule has 7 heteroatoms. The summed E-state index contributed by atoms with van der Waals surface area (Å²) < 4.78 is 44.4. The van der Waals surface area contributed by atoms with Crippen molar-refractivity contribution >= 4 is 0 Å². The predicted octanol–water partition coefficient (Wildman–Crippen LogP) is 12.1. The minimum Gasteiger partial charge on any atom is -0.494 e. The predicted molar refractivity (Wildman–Crippen MR) is 196 cm³/mol. The SMILES string of the molecule is CCCCCC(OCCCC)=C(OCCCC)C(CCC)OCOCOC(CCC)C(OCCCC)=C(CCCCC)OCCCC. The Bertz CT molecular complexity index is 652. The Morgan fingerprint density at radius 2 is 0.723 bits per heavy atom. The third-order valence-corrected chi connectivity index (χ3v) is 8.02. The van der Waals surface area contributed by atoms with Crippen molar-refractivity contribution in [1.82, 2.24) is 0 Å². The van der Waals surface area contributed by atoms with E-state index in [4.69, 9.17) is 33.2 Å². The summed E-state index contributed by atoms with van der Waals surface area (Å²) in [6.45, 7) is 20.6. The molecule has 2 unspecified atom stereocenters. The summed E-state index contributed by atoms with van der Waals surface area (Å²) in [5, 5.41) is 0. The van der Waals surface area contributed by atoms with E-state index in [-0.39, 0.29) is 25.8 Å². The molecule has 0 saturated carbocycles. The van der Waals surface area contributed by atoms with Crippen LogP contribution in [0.25, 0.3) is 0 Å². The number of allylic oxidation sites excluding steroid dienone is 2. The van der Waals surface area contributed by atoms with E-state index in [1.807, 2.05) is 0 Å². The molecule has 280 valence electrons. The molecule has 0 aromatic heterocycles. The Labute approximate surface area is 291 Å². The van der Waals surface area contributed by atoms with Crippen LogP contribution in [0.4, 0.5) is 0 Å². The lowest BCUT2D eigenvalue weighted by Crippen LogP contribution is -2.25. The molecule has 0 heterocycles. The van der Waals surface area contributed by atoms with Crippen LogP contribution in [0.5, 0.6) is 0 Å². The molecule has 0 spiro atoms. The van der Waals surface area contributed by atoms with Crippen molar-refractivity contribution in [1.29, 1.82) is 0 Å². The van der Waals surface area contributed by atoms with E-state index < -0.39 is 0 Å². The normalized spacial score (nSPS) is 14.0. The molecule has 0 aliphatic carbocycles. The van der Waals surface area contributed by atoms with Crippen molar-refractivity contribution in [2.24, 2.45) is 0 Å². The van der Waals surface area contributed by atoms with Crippen molar-refractivity contribution in [2.75, 3.05) is 40.0 Å². The van der Waals surface area contributed by atoms with Crippen LogP contribution in [0.2, 0.25) is 0 Å². The highest BCUT2D eigenvalue weighted by atomic mass is 16.7. The fourth-order valence-electron chi connectivity index (χ4n) is 5.04. The summed E-state index contributed by atoms with van der Waals surface area (Å²) >= 11 is 0. The number of hydrogen-bond acceptors (Lipinski definition) is 7. The van der Waals surface area contributed by atoms with E-state index >= 15 is 0 Å². The van der Waals surface area contributed by atoms with E-state index in [1.165, 1.54) is 25.7 Å². The highest BCUT2D eigenvalue weighted by molar-refractivity contribution is 5.09. The van der Waals surface area contributed by atoms with Gasteiger partial charge in [-0.2, -0.15) is 0 Å². The van der Waals surface area contributed by atoms with Crippen LogP contribution in [0.15, 0.2) is 23.0 Å². The van der Waals surface area contributed by atoms with E-state index in [1.54, 1.807) is 0 Å². The van der Waals surface area contributed by atoms with Gasteiger partial charge in [0.25, 0.3) is 0 Å². The molecule has 0 fully saturated rings. The molecule has 0 aromatic carbocycles. The highest BCUT2D eigenvalue weighted by Gasteiger charge is 2.24. The quantitative estimate of drug-likeness (QED) is 0.0373. The van der Waals surface area contributed by atoms with Gasteiger partial charge in [0.05, 0.1) is 26.4 Å². The summed E-state index contributed by atoms with van der Waals surface area (Å²) in [4.78, 5) is 0. The molecule has 0 aromatic rings. The smallest absolute Gasteiger partial charge is 0.162 e. The summed E-state index contributed by atoms with van der Waals surface area (Å²) in [6.07, 6.45) is 20.2. The first-order chi connectivity index (χ1) is 23.1. The summed E-state index contributed by atoms with van der Waals surface area (Å²) in [6, 6.07) is 0. The zero-order valence-corrected chi connectivity index (χ0v) is 32.4. The monoisotopic (exact) mass is 671 g/mol. The largest absolute Gasteiger partial charge is 0.494 e. The Kier molecular flexibility index (Phi) is 33.4. The zero-order chi connectivity index (χ0) is 34.8. The van der Waals surface area contributed by atoms with Crippen LogP contribution in [-0.4, -0.2) is 52.2 Å².